The summed E-state index contributed by atoms with van der Waals surface area (Å²) < 4.78 is 40.8. The molecule has 0 aromatic rings. The summed E-state index contributed by atoms with van der Waals surface area (Å²) in [5.41, 5.74) is 0. The quantitative estimate of drug-likeness (QED) is 0.477. The molecular formula is C2H6BO4S2. The maximum atomic E-state index is 10.2. The second-order valence-electron chi connectivity index (χ2n) is 1.76. The van der Waals surface area contributed by atoms with Crippen LogP contribution in [0.1, 0.15) is 0 Å². The van der Waals surface area contributed by atoms with Gasteiger partial charge in [-0.1, -0.05) is 0 Å². The molecule has 1 radical (unpaired) electrons. The summed E-state index contributed by atoms with van der Waals surface area (Å²) in [5, 5.41) is 0. The number of rotatable bonds is 2. The highest BCUT2D eigenvalue weighted by molar-refractivity contribution is 8.42. The minimum atomic E-state index is -3.49. The van der Waals surface area contributed by atoms with Crippen molar-refractivity contribution in [2.45, 2.75) is 0 Å². The van der Waals surface area contributed by atoms with Crippen molar-refractivity contribution in [1.82, 2.24) is 0 Å². The van der Waals surface area contributed by atoms with Crippen molar-refractivity contribution in [1.29, 1.82) is 0 Å². The van der Waals surface area contributed by atoms with Crippen molar-refractivity contribution in [3.8, 4) is 0 Å². The van der Waals surface area contributed by atoms with Crippen LogP contribution in [0.4, 0.5) is 0 Å². The lowest BCUT2D eigenvalue weighted by Gasteiger charge is -1.88. The molecule has 0 aromatic heterocycles. The third-order valence-electron chi connectivity index (χ3n) is 0.350. The fraction of sp³-hybridized carbons (Fsp3) is 1.00. The molecule has 0 aliphatic carbocycles. The highest BCUT2D eigenvalue weighted by atomic mass is 32.3. The Kier molecular flexibility index (Phi) is 2.29. The summed E-state index contributed by atoms with van der Waals surface area (Å²) in [5.74, 6) is 0.319. The zero-order valence-corrected chi connectivity index (χ0v) is 6.66. The van der Waals surface area contributed by atoms with Crippen LogP contribution in [0.15, 0.2) is 0 Å². The van der Waals surface area contributed by atoms with Gasteiger partial charge in [0, 0.05) is 12.5 Å². The van der Waals surface area contributed by atoms with Crippen molar-refractivity contribution in [3.63, 3.8) is 0 Å². The summed E-state index contributed by atoms with van der Waals surface area (Å²) in [6, 6.07) is 0. The van der Waals surface area contributed by atoms with Gasteiger partial charge in [-0.3, -0.25) is 0 Å². The van der Waals surface area contributed by atoms with Crippen LogP contribution < -0.4 is 0 Å². The molecule has 0 heterocycles. The molecule has 0 saturated heterocycles. The lowest BCUT2D eigenvalue weighted by atomic mass is 10.7. The minimum absolute atomic E-state index is 0.319. The molecule has 0 fully saturated rings. The van der Waals surface area contributed by atoms with Gasteiger partial charge in [0.25, 0.3) is 0 Å². The maximum absolute atomic E-state index is 10.2. The molecule has 0 bridgehead atoms. The first-order valence-electron chi connectivity index (χ1n) is 1.95. The first kappa shape index (κ1) is 8.96. The first-order chi connectivity index (χ1) is 3.71. The average molecular weight is 169 g/mol. The predicted molar refractivity (Wildman–Crippen MR) is 35.4 cm³/mol. The predicted octanol–water partition coefficient (Wildman–Crippen LogP) is -1.39. The zero-order chi connectivity index (χ0) is 7.71. The normalized spacial score (nSPS) is 13.1. The molecule has 9 heavy (non-hydrogen) atoms. The van der Waals surface area contributed by atoms with Gasteiger partial charge in [0.2, 0.25) is 0 Å². The number of hydrogen-bond donors (Lipinski definition) is 0. The largest absolute Gasteiger partial charge is 0.437 e. The fourth-order valence-corrected chi connectivity index (χ4v) is 2.86. The van der Waals surface area contributed by atoms with Crippen molar-refractivity contribution < 1.29 is 16.8 Å². The van der Waals surface area contributed by atoms with Gasteiger partial charge in [0.1, 0.15) is 19.4 Å². The molecule has 0 amide bonds. The molecule has 0 aliphatic heterocycles. The molecule has 0 aliphatic rings. The summed E-state index contributed by atoms with van der Waals surface area (Å²) in [6.45, 7) is 0. The van der Waals surface area contributed by atoms with Crippen molar-refractivity contribution >= 4 is 25.2 Å². The van der Waals surface area contributed by atoms with E-state index in [1.165, 1.54) is 0 Å². The Balaban J connectivity index is 4.46. The van der Waals surface area contributed by atoms with E-state index in [1.807, 2.05) is 0 Å². The SMILES string of the molecule is CS(=O)(=O)[B]S(C)(=O)=O. The van der Waals surface area contributed by atoms with E-state index in [1.54, 1.807) is 0 Å². The Hall–Kier alpha value is -0.0351. The van der Waals surface area contributed by atoms with Crippen molar-refractivity contribution in [2.75, 3.05) is 12.5 Å². The van der Waals surface area contributed by atoms with E-state index in [0.29, 0.717) is 5.84 Å². The third-order valence-corrected chi connectivity index (χ3v) is 3.15. The topological polar surface area (TPSA) is 68.3 Å². The van der Waals surface area contributed by atoms with E-state index >= 15 is 0 Å². The Morgan fingerprint density at radius 1 is 0.889 bits per heavy atom. The van der Waals surface area contributed by atoms with Crippen molar-refractivity contribution in [3.05, 3.63) is 0 Å². The van der Waals surface area contributed by atoms with Crippen LogP contribution in [0, 0.1) is 0 Å². The van der Waals surface area contributed by atoms with E-state index in [9.17, 15) is 16.8 Å². The van der Waals surface area contributed by atoms with Crippen LogP contribution in [-0.2, 0) is 19.4 Å². The molecule has 0 spiro atoms. The lowest BCUT2D eigenvalue weighted by molar-refractivity contribution is 0.611. The van der Waals surface area contributed by atoms with Gasteiger partial charge in [-0.2, -0.15) is 0 Å². The second kappa shape index (κ2) is 2.30. The third kappa shape index (κ3) is 7.96. The van der Waals surface area contributed by atoms with Gasteiger partial charge in [-0.05, 0) is 0 Å². The highest BCUT2D eigenvalue weighted by Gasteiger charge is 2.17. The van der Waals surface area contributed by atoms with Crippen LogP contribution in [0.3, 0.4) is 0 Å². The molecule has 0 saturated carbocycles. The minimum Gasteiger partial charge on any atom is -0.241 e. The molecule has 0 N–H and O–H groups in total. The van der Waals surface area contributed by atoms with Crippen LogP contribution in [0.2, 0.25) is 0 Å². The summed E-state index contributed by atoms with van der Waals surface area (Å²) in [6.07, 6.45) is 1.65. The molecule has 0 rings (SSSR count). The molecule has 0 aromatic carbocycles. The van der Waals surface area contributed by atoms with Gasteiger partial charge in [-0.25, -0.2) is 16.8 Å². The Morgan fingerprint density at radius 3 is 1.11 bits per heavy atom. The van der Waals surface area contributed by atoms with Crippen LogP contribution in [-0.4, -0.2) is 35.2 Å². The molecule has 0 atom stereocenters. The lowest BCUT2D eigenvalue weighted by Crippen LogP contribution is -2.17. The molecule has 53 valence electrons. The Labute approximate surface area is 55.1 Å². The van der Waals surface area contributed by atoms with Gasteiger partial charge >= 0.3 is 5.84 Å². The number of hydrogen-bond acceptors (Lipinski definition) is 4. The molecule has 7 heteroatoms. The standard InChI is InChI=1S/C2H6BO4S2/c1-8(4,5)3-9(2,6)7/h1-2H3. The smallest absolute Gasteiger partial charge is 0.241 e. The molecule has 4 nitrogen and oxygen atoms in total. The summed E-state index contributed by atoms with van der Waals surface area (Å²) in [4.78, 5) is 0. The van der Waals surface area contributed by atoms with E-state index in [-0.39, 0.29) is 0 Å². The van der Waals surface area contributed by atoms with E-state index < -0.39 is 19.4 Å². The van der Waals surface area contributed by atoms with Gasteiger partial charge < -0.3 is 0 Å². The summed E-state index contributed by atoms with van der Waals surface area (Å²) in [7, 11) is -6.99. The maximum Gasteiger partial charge on any atom is 0.437 e. The zero-order valence-electron chi connectivity index (χ0n) is 5.03. The Morgan fingerprint density at radius 2 is 1.11 bits per heavy atom. The Bertz CT molecular complexity index is 242. The van der Waals surface area contributed by atoms with E-state index in [4.69, 9.17) is 0 Å². The first-order valence-corrected chi connectivity index (χ1v) is 5.86. The molecule has 0 unspecified atom stereocenters. The summed E-state index contributed by atoms with van der Waals surface area (Å²) >= 11 is 0. The van der Waals surface area contributed by atoms with Crippen molar-refractivity contribution in [2.24, 2.45) is 0 Å². The van der Waals surface area contributed by atoms with Crippen LogP contribution in [0.5, 0.6) is 0 Å². The average Bonchev–Trinajstić information content (AvgIpc) is 1.14. The molecular weight excluding hydrogens is 163 g/mol. The second-order valence-corrected chi connectivity index (χ2v) is 5.84. The van der Waals surface area contributed by atoms with Crippen LogP contribution in [0.25, 0.3) is 0 Å². The fourth-order valence-electron chi connectivity index (χ4n) is 0.318. The van der Waals surface area contributed by atoms with E-state index in [0.717, 1.165) is 12.5 Å². The van der Waals surface area contributed by atoms with E-state index in [2.05, 4.69) is 0 Å². The van der Waals surface area contributed by atoms with Crippen LogP contribution >= 0.6 is 0 Å². The van der Waals surface area contributed by atoms with Gasteiger partial charge in [0.05, 0.1) is 0 Å². The van der Waals surface area contributed by atoms with Gasteiger partial charge in [-0.15, -0.1) is 0 Å². The highest BCUT2D eigenvalue weighted by Crippen LogP contribution is 1.85. The monoisotopic (exact) mass is 169 g/mol. The van der Waals surface area contributed by atoms with Gasteiger partial charge in [0.15, 0.2) is 0 Å².